The molecule has 136 valence electrons. The number of hydrogen-bond donors (Lipinski definition) is 1. The van der Waals surface area contributed by atoms with Gasteiger partial charge < -0.3 is 19.5 Å². The average Bonchev–Trinajstić information content (AvgIpc) is 3.08. The predicted molar refractivity (Wildman–Crippen MR) is 99.8 cm³/mol. The molecule has 0 radical (unpaired) electrons. The molecule has 26 heavy (non-hydrogen) atoms. The van der Waals surface area contributed by atoms with Gasteiger partial charge in [-0.15, -0.1) is 11.3 Å². The van der Waals surface area contributed by atoms with Gasteiger partial charge in [-0.3, -0.25) is 4.79 Å². The maximum Gasteiger partial charge on any atom is 0.338 e. The van der Waals surface area contributed by atoms with Gasteiger partial charge in [0.2, 0.25) is 0 Å². The van der Waals surface area contributed by atoms with Crippen molar-refractivity contribution in [2.45, 2.75) is 6.92 Å². The summed E-state index contributed by atoms with van der Waals surface area (Å²) in [5.41, 5.74) is 0.564. The van der Waals surface area contributed by atoms with Crippen LogP contribution in [-0.2, 0) is 9.53 Å². The van der Waals surface area contributed by atoms with Crippen LogP contribution in [0.5, 0.6) is 11.5 Å². The van der Waals surface area contributed by atoms with Crippen molar-refractivity contribution in [1.29, 1.82) is 5.26 Å². The van der Waals surface area contributed by atoms with E-state index >= 15 is 0 Å². The lowest BCUT2D eigenvalue weighted by Gasteiger charge is -2.13. The highest BCUT2D eigenvalue weighted by molar-refractivity contribution is 9.10. The molecule has 0 saturated carbocycles. The third kappa shape index (κ3) is 4.74. The van der Waals surface area contributed by atoms with E-state index in [-0.39, 0.29) is 5.56 Å². The average molecular weight is 439 g/mol. The zero-order valence-electron chi connectivity index (χ0n) is 14.0. The molecule has 2 aromatic rings. The van der Waals surface area contributed by atoms with Gasteiger partial charge >= 0.3 is 5.97 Å². The summed E-state index contributed by atoms with van der Waals surface area (Å²) in [4.78, 5) is 24.1. The summed E-state index contributed by atoms with van der Waals surface area (Å²) in [5.74, 6) is -0.371. The third-order valence-corrected chi connectivity index (χ3v) is 4.55. The van der Waals surface area contributed by atoms with Crippen LogP contribution >= 0.6 is 27.3 Å². The van der Waals surface area contributed by atoms with Crippen LogP contribution in [0.4, 0.5) is 5.00 Å². The minimum Gasteiger partial charge on any atom is -0.493 e. The van der Waals surface area contributed by atoms with Gasteiger partial charge in [-0.1, -0.05) is 0 Å². The van der Waals surface area contributed by atoms with Crippen LogP contribution in [0.3, 0.4) is 0 Å². The standard InChI is InChI=1S/C17H15BrN2O5S/c1-3-24-15-12(18)6-11(7-13(15)23-2)17(22)25-9-14(21)20-16-10(8-19)4-5-26-16/h4-7H,3,9H2,1-2H3,(H,20,21). The van der Waals surface area contributed by atoms with Crippen molar-refractivity contribution in [2.75, 3.05) is 25.6 Å². The van der Waals surface area contributed by atoms with Gasteiger partial charge in [0, 0.05) is 0 Å². The number of rotatable bonds is 7. The van der Waals surface area contributed by atoms with E-state index in [1.807, 2.05) is 13.0 Å². The molecule has 2 rings (SSSR count). The molecular formula is C17H15BrN2O5S. The molecular weight excluding hydrogens is 424 g/mol. The quantitative estimate of drug-likeness (QED) is 0.663. The summed E-state index contributed by atoms with van der Waals surface area (Å²) < 4.78 is 16.2. The molecule has 0 aliphatic heterocycles. The zero-order valence-corrected chi connectivity index (χ0v) is 16.4. The summed E-state index contributed by atoms with van der Waals surface area (Å²) in [6.45, 7) is 1.79. The Labute approximate surface area is 162 Å². The van der Waals surface area contributed by atoms with E-state index in [2.05, 4.69) is 21.2 Å². The minimum atomic E-state index is -0.686. The van der Waals surface area contributed by atoms with Crippen LogP contribution < -0.4 is 14.8 Å². The van der Waals surface area contributed by atoms with E-state index < -0.39 is 18.5 Å². The Kier molecular flexibility index (Phi) is 7.00. The molecule has 0 spiro atoms. The number of anilines is 1. The first-order valence-electron chi connectivity index (χ1n) is 7.45. The second-order valence-electron chi connectivity index (χ2n) is 4.82. The first kappa shape index (κ1) is 19.8. The fourth-order valence-corrected chi connectivity index (χ4v) is 3.30. The predicted octanol–water partition coefficient (Wildman–Crippen LogP) is 3.59. The van der Waals surface area contributed by atoms with Crippen molar-refractivity contribution in [2.24, 2.45) is 0 Å². The lowest BCUT2D eigenvalue weighted by molar-refractivity contribution is -0.119. The Morgan fingerprint density at radius 3 is 2.81 bits per heavy atom. The van der Waals surface area contributed by atoms with Crippen molar-refractivity contribution >= 4 is 44.1 Å². The normalized spacial score (nSPS) is 9.92. The number of nitrogens with zero attached hydrogens (tertiary/aromatic N) is 1. The Bertz CT molecular complexity index is 859. The molecule has 0 unspecified atom stereocenters. The van der Waals surface area contributed by atoms with Crippen LogP contribution in [0, 0.1) is 11.3 Å². The number of methoxy groups -OCH3 is 1. The second kappa shape index (κ2) is 9.22. The molecule has 1 aromatic carbocycles. The summed E-state index contributed by atoms with van der Waals surface area (Å²) in [6, 6.07) is 6.56. The number of carbonyl (C=O) groups is 2. The SMILES string of the molecule is CCOc1c(Br)cc(C(=O)OCC(=O)Nc2sccc2C#N)cc1OC. The third-order valence-electron chi connectivity index (χ3n) is 3.13. The highest BCUT2D eigenvalue weighted by Crippen LogP contribution is 2.36. The fourth-order valence-electron chi connectivity index (χ4n) is 1.99. The van der Waals surface area contributed by atoms with Crippen molar-refractivity contribution < 1.29 is 23.8 Å². The maximum atomic E-state index is 12.2. The molecule has 0 aliphatic carbocycles. The molecule has 1 N–H and O–H groups in total. The Balaban J connectivity index is 2.02. The molecule has 0 atom stereocenters. The van der Waals surface area contributed by atoms with Crippen molar-refractivity contribution in [3.8, 4) is 17.6 Å². The molecule has 9 heteroatoms. The van der Waals surface area contributed by atoms with Crippen LogP contribution in [0.1, 0.15) is 22.8 Å². The number of nitriles is 1. The largest absolute Gasteiger partial charge is 0.493 e. The molecule has 0 aliphatic rings. The number of ether oxygens (including phenoxy) is 3. The number of benzene rings is 1. The summed E-state index contributed by atoms with van der Waals surface area (Å²) >= 11 is 4.54. The van der Waals surface area contributed by atoms with Crippen LogP contribution in [-0.4, -0.2) is 32.2 Å². The molecule has 1 amide bonds. The number of nitrogens with one attached hydrogen (secondary N) is 1. The minimum absolute atomic E-state index is 0.207. The Morgan fingerprint density at radius 1 is 1.38 bits per heavy atom. The molecule has 0 bridgehead atoms. The van der Waals surface area contributed by atoms with Crippen molar-refractivity contribution in [1.82, 2.24) is 0 Å². The number of hydrogen-bond acceptors (Lipinski definition) is 7. The number of halogens is 1. The van der Waals surface area contributed by atoms with Gasteiger partial charge in [0.05, 0.1) is 29.3 Å². The zero-order chi connectivity index (χ0) is 19.1. The smallest absolute Gasteiger partial charge is 0.338 e. The van der Waals surface area contributed by atoms with Crippen LogP contribution in [0.25, 0.3) is 0 Å². The fraction of sp³-hybridized carbons (Fsp3) is 0.235. The van der Waals surface area contributed by atoms with E-state index in [1.54, 1.807) is 11.4 Å². The lowest BCUT2D eigenvalue weighted by atomic mass is 10.2. The number of esters is 1. The van der Waals surface area contributed by atoms with E-state index in [1.165, 1.54) is 30.6 Å². The van der Waals surface area contributed by atoms with Gasteiger partial charge in [-0.05, 0) is 46.4 Å². The monoisotopic (exact) mass is 438 g/mol. The number of amides is 1. The van der Waals surface area contributed by atoms with Gasteiger partial charge in [-0.25, -0.2) is 4.79 Å². The molecule has 1 aromatic heterocycles. The van der Waals surface area contributed by atoms with E-state index in [0.717, 1.165) is 0 Å². The van der Waals surface area contributed by atoms with E-state index in [0.29, 0.717) is 33.1 Å². The molecule has 0 saturated heterocycles. The lowest BCUT2D eigenvalue weighted by Crippen LogP contribution is -2.20. The second-order valence-corrected chi connectivity index (χ2v) is 6.59. The number of thiophene rings is 1. The van der Waals surface area contributed by atoms with Gasteiger partial charge in [0.1, 0.15) is 11.1 Å². The molecule has 0 fully saturated rings. The van der Waals surface area contributed by atoms with Gasteiger partial charge in [0.15, 0.2) is 18.1 Å². The Morgan fingerprint density at radius 2 is 2.15 bits per heavy atom. The highest BCUT2D eigenvalue weighted by Gasteiger charge is 2.18. The maximum absolute atomic E-state index is 12.2. The molecule has 1 heterocycles. The highest BCUT2D eigenvalue weighted by atomic mass is 79.9. The first-order chi connectivity index (χ1) is 12.5. The van der Waals surface area contributed by atoms with E-state index in [9.17, 15) is 9.59 Å². The summed E-state index contributed by atoms with van der Waals surface area (Å²) in [6.07, 6.45) is 0. The van der Waals surface area contributed by atoms with E-state index in [4.69, 9.17) is 19.5 Å². The van der Waals surface area contributed by atoms with Crippen LogP contribution in [0.15, 0.2) is 28.1 Å². The Hall–Kier alpha value is -2.57. The van der Waals surface area contributed by atoms with Crippen molar-refractivity contribution in [3.05, 3.63) is 39.2 Å². The van der Waals surface area contributed by atoms with Gasteiger partial charge in [0.25, 0.3) is 5.91 Å². The molecule has 7 nitrogen and oxygen atoms in total. The van der Waals surface area contributed by atoms with Crippen molar-refractivity contribution in [3.63, 3.8) is 0 Å². The number of carbonyl (C=O) groups excluding carboxylic acids is 2. The topological polar surface area (TPSA) is 97.6 Å². The van der Waals surface area contributed by atoms with Crippen LogP contribution in [0.2, 0.25) is 0 Å². The van der Waals surface area contributed by atoms with Gasteiger partial charge in [-0.2, -0.15) is 5.26 Å². The summed E-state index contributed by atoms with van der Waals surface area (Å²) in [7, 11) is 1.46. The summed E-state index contributed by atoms with van der Waals surface area (Å²) in [5, 5.41) is 13.6. The first-order valence-corrected chi connectivity index (χ1v) is 9.12.